The second-order valence-corrected chi connectivity index (χ2v) is 15.3. The fourth-order valence-electron chi connectivity index (χ4n) is 8.18. The Morgan fingerprint density at radius 2 is 1.91 bits per heavy atom. The van der Waals surface area contributed by atoms with E-state index in [1.54, 1.807) is 23.1 Å². The molecule has 4 aliphatic rings. The quantitative estimate of drug-likeness (QED) is 0.200. The molecule has 4 aromatic rings. The lowest BCUT2D eigenvalue weighted by Gasteiger charge is -2.31. The average Bonchev–Trinajstić information content (AvgIpc) is 3.48. The summed E-state index contributed by atoms with van der Waals surface area (Å²) in [4.78, 5) is 33.0. The molecule has 4 aliphatic heterocycles. The van der Waals surface area contributed by atoms with E-state index in [9.17, 15) is 9.18 Å². The fraction of sp³-hybridized carbons (Fsp3) is 0.526. The number of nitrogens with zero attached hydrogens (tertiary/aromatic N) is 6. The standard InChI is InChI=1S/C38H43F3N6O6/c1-37(2,3)53-36(48)45-12-9-24-19-50-34-29-32(30(41)31(42-34)26-16-25(52-21-49-4)15-22-7-5-8-27(40)28(22)26)43-35(44-33(29)47(24)14-13-45)51-20-38-10-6-11-46(38)18-23(39)17-38/h5,7-8,15-16,23-24H,6,9-14,17-21H2,1-4H3/t23-,24?,38+/m1/s1. The second-order valence-electron chi connectivity index (χ2n) is 15.3. The maximum absolute atomic E-state index is 17.3. The Bertz CT molecular complexity index is 2070. The topological polar surface area (TPSA) is 112 Å². The van der Waals surface area contributed by atoms with Crippen LogP contribution in [0.25, 0.3) is 32.9 Å². The number of pyridine rings is 1. The summed E-state index contributed by atoms with van der Waals surface area (Å²) in [6, 6.07) is 7.37. The van der Waals surface area contributed by atoms with Crippen LogP contribution in [0.5, 0.6) is 17.6 Å². The predicted molar refractivity (Wildman–Crippen MR) is 190 cm³/mol. The molecule has 0 bridgehead atoms. The van der Waals surface area contributed by atoms with E-state index in [0.29, 0.717) is 56.0 Å². The Hall–Kier alpha value is -4.63. The molecule has 0 radical (unpaired) electrons. The van der Waals surface area contributed by atoms with Crippen LogP contribution in [0.2, 0.25) is 0 Å². The molecule has 3 fully saturated rings. The number of fused-ring (bicyclic) bond motifs is 4. The normalized spacial score (nSPS) is 23.0. The minimum absolute atomic E-state index is 0.0792. The number of alkyl halides is 1. The lowest BCUT2D eigenvalue weighted by molar-refractivity contribution is 0.0261. The van der Waals surface area contributed by atoms with E-state index in [1.165, 1.54) is 19.2 Å². The summed E-state index contributed by atoms with van der Waals surface area (Å²) in [5.74, 6) is -0.647. The Balaban J connectivity index is 1.26. The molecule has 1 amide bonds. The van der Waals surface area contributed by atoms with Crippen molar-refractivity contribution in [1.82, 2.24) is 24.8 Å². The van der Waals surface area contributed by atoms with Crippen LogP contribution in [0.15, 0.2) is 30.3 Å². The lowest BCUT2D eigenvalue weighted by Crippen LogP contribution is -2.43. The van der Waals surface area contributed by atoms with Gasteiger partial charge in [-0.2, -0.15) is 9.97 Å². The highest BCUT2D eigenvalue weighted by molar-refractivity contribution is 6.02. The number of hydrogen-bond acceptors (Lipinski definition) is 11. The van der Waals surface area contributed by atoms with Gasteiger partial charge in [-0.15, -0.1) is 0 Å². The van der Waals surface area contributed by atoms with E-state index in [4.69, 9.17) is 33.7 Å². The van der Waals surface area contributed by atoms with Gasteiger partial charge in [-0.1, -0.05) is 12.1 Å². The SMILES string of the molecule is COCOc1cc(-c2nc3c4c(nc(OC[C@@]56CCCN5C[C@H](F)C6)nc4c2F)N2CCN(C(=O)OC(C)(C)C)CCC2CO3)c2c(F)cccc2c1. The number of carbonyl (C=O) groups is 1. The van der Waals surface area contributed by atoms with Crippen molar-refractivity contribution in [2.45, 2.75) is 69.8 Å². The Kier molecular flexibility index (Phi) is 9.12. The molecule has 8 rings (SSSR count). The van der Waals surface area contributed by atoms with Crippen molar-refractivity contribution in [3.05, 3.63) is 42.0 Å². The molecule has 2 aromatic carbocycles. The van der Waals surface area contributed by atoms with Gasteiger partial charge in [0.25, 0.3) is 0 Å². The third kappa shape index (κ3) is 6.62. The Morgan fingerprint density at radius 3 is 2.72 bits per heavy atom. The zero-order valence-electron chi connectivity index (χ0n) is 30.3. The van der Waals surface area contributed by atoms with E-state index in [-0.39, 0.29) is 65.5 Å². The number of halogens is 3. The van der Waals surface area contributed by atoms with Gasteiger partial charge in [0, 0.05) is 50.7 Å². The molecule has 3 saturated heterocycles. The molecule has 15 heteroatoms. The fourth-order valence-corrected chi connectivity index (χ4v) is 8.18. The second kappa shape index (κ2) is 13.7. The number of anilines is 1. The van der Waals surface area contributed by atoms with Gasteiger partial charge in [0.2, 0.25) is 5.88 Å². The molecule has 0 aliphatic carbocycles. The van der Waals surface area contributed by atoms with E-state index < -0.39 is 35.0 Å². The zero-order chi connectivity index (χ0) is 37.1. The van der Waals surface area contributed by atoms with E-state index in [0.717, 1.165) is 19.4 Å². The highest BCUT2D eigenvalue weighted by Gasteiger charge is 2.49. The monoisotopic (exact) mass is 736 g/mol. The van der Waals surface area contributed by atoms with Crippen LogP contribution in [-0.2, 0) is 9.47 Å². The molecular weight excluding hydrogens is 693 g/mol. The number of rotatable bonds is 7. The number of aromatic nitrogens is 3. The summed E-state index contributed by atoms with van der Waals surface area (Å²) in [6.45, 7) is 7.81. The van der Waals surface area contributed by atoms with Gasteiger partial charge in [-0.05, 0) is 70.2 Å². The van der Waals surface area contributed by atoms with Crippen molar-refractivity contribution in [2.75, 3.05) is 64.7 Å². The van der Waals surface area contributed by atoms with Gasteiger partial charge in [0.05, 0.1) is 11.6 Å². The van der Waals surface area contributed by atoms with Gasteiger partial charge in [-0.25, -0.2) is 22.9 Å². The van der Waals surface area contributed by atoms with Crippen LogP contribution in [0, 0.1) is 11.6 Å². The van der Waals surface area contributed by atoms with E-state index in [2.05, 4.69) is 9.88 Å². The Morgan fingerprint density at radius 1 is 1.06 bits per heavy atom. The molecule has 12 nitrogen and oxygen atoms in total. The smallest absolute Gasteiger partial charge is 0.410 e. The predicted octanol–water partition coefficient (Wildman–Crippen LogP) is 6.27. The van der Waals surface area contributed by atoms with Crippen LogP contribution in [0.3, 0.4) is 0 Å². The van der Waals surface area contributed by atoms with Crippen LogP contribution < -0.4 is 19.1 Å². The van der Waals surface area contributed by atoms with Gasteiger partial charge in [0.15, 0.2) is 12.6 Å². The highest BCUT2D eigenvalue weighted by atomic mass is 19.1. The highest BCUT2D eigenvalue weighted by Crippen LogP contribution is 2.44. The molecule has 0 spiro atoms. The van der Waals surface area contributed by atoms with E-state index in [1.807, 2.05) is 25.7 Å². The molecule has 0 N–H and O–H groups in total. The molecular formula is C38H43F3N6O6. The Labute approximate surface area is 305 Å². The van der Waals surface area contributed by atoms with Crippen molar-refractivity contribution < 1.29 is 41.7 Å². The molecule has 0 saturated carbocycles. The van der Waals surface area contributed by atoms with Crippen LogP contribution in [0.4, 0.5) is 23.8 Å². The first kappa shape index (κ1) is 35.4. The van der Waals surface area contributed by atoms with Crippen molar-refractivity contribution in [1.29, 1.82) is 0 Å². The number of carbonyl (C=O) groups excluding carboxylic acids is 1. The maximum atomic E-state index is 17.3. The summed E-state index contributed by atoms with van der Waals surface area (Å²) in [6.07, 6.45) is 1.13. The molecule has 1 unspecified atom stereocenters. The molecule has 2 aromatic heterocycles. The van der Waals surface area contributed by atoms with Crippen LogP contribution in [0.1, 0.15) is 46.5 Å². The van der Waals surface area contributed by atoms with Crippen molar-refractivity contribution in [3.8, 4) is 28.9 Å². The number of hydrogen-bond donors (Lipinski definition) is 0. The number of benzene rings is 2. The minimum Gasteiger partial charge on any atom is -0.475 e. The van der Waals surface area contributed by atoms with Crippen molar-refractivity contribution >= 4 is 33.6 Å². The first-order valence-electron chi connectivity index (χ1n) is 18.1. The average molecular weight is 737 g/mol. The third-order valence-electron chi connectivity index (χ3n) is 10.6. The number of methoxy groups -OCH3 is 1. The molecule has 282 valence electrons. The molecule has 6 heterocycles. The summed E-state index contributed by atoms with van der Waals surface area (Å²) < 4.78 is 76.6. The van der Waals surface area contributed by atoms with Gasteiger partial charge >= 0.3 is 12.1 Å². The maximum Gasteiger partial charge on any atom is 0.410 e. The van der Waals surface area contributed by atoms with Gasteiger partial charge < -0.3 is 33.5 Å². The summed E-state index contributed by atoms with van der Waals surface area (Å²) in [5.41, 5.74) is -1.34. The van der Waals surface area contributed by atoms with Crippen LogP contribution >= 0.6 is 0 Å². The van der Waals surface area contributed by atoms with Crippen LogP contribution in [-0.4, -0.2) is 114 Å². The first-order valence-corrected chi connectivity index (χ1v) is 18.1. The summed E-state index contributed by atoms with van der Waals surface area (Å²) >= 11 is 0. The summed E-state index contributed by atoms with van der Waals surface area (Å²) in [7, 11) is 1.48. The lowest BCUT2D eigenvalue weighted by atomic mass is 9.95. The first-order chi connectivity index (χ1) is 25.4. The molecule has 53 heavy (non-hydrogen) atoms. The zero-order valence-corrected chi connectivity index (χ0v) is 30.3. The summed E-state index contributed by atoms with van der Waals surface area (Å²) in [5, 5.41) is 0.849. The van der Waals surface area contributed by atoms with E-state index >= 15 is 8.78 Å². The molecule has 3 atom stereocenters. The number of amides is 1. The van der Waals surface area contributed by atoms with Crippen molar-refractivity contribution in [3.63, 3.8) is 0 Å². The largest absolute Gasteiger partial charge is 0.475 e. The van der Waals surface area contributed by atoms with Crippen molar-refractivity contribution in [2.24, 2.45) is 0 Å². The minimum atomic E-state index is -0.962. The number of ether oxygens (including phenoxy) is 5. The van der Waals surface area contributed by atoms with Gasteiger partial charge in [0.1, 0.15) is 59.0 Å². The van der Waals surface area contributed by atoms with Gasteiger partial charge in [-0.3, -0.25) is 4.90 Å². The third-order valence-corrected chi connectivity index (χ3v) is 10.6.